The summed E-state index contributed by atoms with van der Waals surface area (Å²) in [5, 5.41) is 22.2. The lowest BCUT2D eigenvalue weighted by Gasteiger charge is -2.15. The van der Waals surface area contributed by atoms with Gasteiger partial charge in [0.2, 0.25) is 0 Å². The zero-order valence-corrected chi connectivity index (χ0v) is 13.7. The van der Waals surface area contributed by atoms with Crippen LogP contribution in [0.15, 0.2) is 36.7 Å². The van der Waals surface area contributed by atoms with Crippen molar-refractivity contribution in [3.05, 3.63) is 42.2 Å². The number of rotatable bonds is 7. The van der Waals surface area contributed by atoms with Gasteiger partial charge in [-0.1, -0.05) is 12.1 Å². The van der Waals surface area contributed by atoms with Gasteiger partial charge in [-0.3, -0.25) is 4.68 Å². The molecule has 0 aliphatic heterocycles. The van der Waals surface area contributed by atoms with E-state index < -0.39 is 0 Å². The number of carbonyl (C=O) groups is 1. The van der Waals surface area contributed by atoms with E-state index in [4.69, 9.17) is 5.11 Å². The first-order chi connectivity index (χ1) is 11.6. The summed E-state index contributed by atoms with van der Waals surface area (Å²) < 4.78 is 1.69. The molecule has 2 amide bonds. The summed E-state index contributed by atoms with van der Waals surface area (Å²) in [4.78, 5) is 11.7. The maximum absolute atomic E-state index is 11.7. The number of amides is 2. The van der Waals surface area contributed by atoms with Gasteiger partial charge in [-0.2, -0.15) is 5.10 Å². The Morgan fingerprint density at radius 1 is 1.33 bits per heavy atom. The monoisotopic (exact) mass is 329 g/mol. The lowest BCUT2D eigenvalue weighted by molar-refractivity contribution is 0.251. The van der Waals surface area contributed by atoms with E-state index in [1.807, 2.05) is 30.5 Å². The maximum Gasteiger partial charge on any atom is 0.319 e. The van der Waals surface area contributed by atoms with Crippen LogP contribution in [0, 0.1) is 0 Å². The number of nitrogens with zero attached hydrogens (tertiary/aromatic N) is 2. The molecule has 0 bridgehead atoms. The predicted octanol–water partition coefficient (Wildman–Crippen LogP) is 2.33. The molecule has 4 N–H and O–H groups in total. The SMILES string of the molecule is CC(Nc1cnn(CCO)c1)c1ccc(NC(=O)NC2CC2)cc1. The first-order valence-electron chi connectivity index (χ1n) is 8.21. The van der Waals surface area contributed by atoms with Gasteiger partial charge < -0.3 is 21.1 Å². The third kappa shape index (κ3) is 4.48. The molecule has 3 rings (SSSR count). The summed E-state index contributed by atoms with van der Waals surface area (Å²) >= 11 is 0. The number of aliphatic hydroxyl groups is 1. The van der Waals surface area contributed by atoms with E-state index in [1.165, 1.54) is 0 Å². The zero-order chi connectivity index (χ0) is 16.9. The van der Waals surface area contributed by atoms with E-state index in [1.54, 1.807) is 10.9 Å². The number of benzene rings is 1. The van der Waals surface area contributed by atoms with Crippen molar-refractivity contribution < 1.29 is 9.90 Å². The molecule has 2 aromatic rings. The third-order valence-corrected chi connectivity index (χ3v) is 3.93. The van der Waals surface area contributed by atoms with Gasteiger partial charge in [-0.05, 0) is 37.5 Å². The number of hydrogen-bond acceptors (Lipinski definition) is 4. The van der Waals surface area contributed by atoms with Crippen molar-refractivity contribution in [1.29, 1.82) is 0 Å². The minimum atomic E-state index is -0.146. The lowest BCUT2D eigenvalue weighted by Crippen LogP contribution is -2.30. The first kappa shape index (κ1) is 16.3. The van der Waals surface area contributed by atoms with E-state index in [0.29, 0.717) is 12.6 Å². The molecule has 1 aliphatic rings. The van der Waals surface area contributed by atoms with E-state index >= 15 is 0 Å². The number of nitrogens with one attached hydrogen (secondary N) is 3. The summed E-state index contributed by atoms with van der Waals surface area (Å²) in [6.07, 6.45) is 5.75. The number of hydrogen-bond donors (Lipinski definition) is 4. The standard InChI is InChI=1S/C17H23N5O2/c1-12(19-16-10-18-22(11-16)8-9-23)13-2-4-14(5-3-13)20-17(24)21-15-6-7-15/h2-5,10-12,15,19,23H,6-9H2,1H3,(H2,20,21,24). The second-order valence-corrected chi connectivity index (χ2v) is 6.08. The molecular formula is C17H23N5O2. The summed E-state index contributed by atoms with van der Waals surface area (Å²) in [5.41, 5.74) is 2.79. The zero-order valence-electron chi connectivity index (χ0n) is 13.7. The molecular weight excluding hydrogens is 306 g/mol. The summed E-state index contributed by atoms with van der Waals surface area (Å²) in [6, 6.07) is 8.08. The highest BCUT2D eigenvalue weighted by Crippen LogP contribution is 2.21. The van der Waals surface area contributed by atoms with Crippen LogP contribution in [0.4, 0.5) is 16.2 Å². The van der Waals surface area contributed by atoms with Gasteiger partial charge in [-0.15, -0.1) is 0 Å². The van der Waals surface area contributed by atoms with Gasteiger partial charge in [0.1, 0.15) is 0 Å². The van der Waals surface area contributed by atoms with Gasteiger partial charge in [-0.25, -0.2) is 4.79 Å². The molecule has 0 saturated heterocycles. The van der Waals surface area contributed by atoms with Crippen molar-refractivity contribution in [3.8, 4) is 0 Å². The molecule has 1 atom stereocenters. The fraction of sp³-hybridized carbons (Fsp3) is 0.412. The van der Waals surface area contributed by atoms with Crippen LogP contribution in [0.25, 0.3) is 0 Å². The smallest absolute Gasteiger partial charge is 0.319 e. The fourth-order valence-corrected chi connectivity index (χ4v) is 2.43. The topological polar surface area (TPSA) is 91.2 Å². The van der Waals surface area contributed by atoms with Crippen LogP contribution in [0.5, 0.6) is 0 Å². The van der Waals surface area contributed by atoms with Crippen molar-refractivity contribution in [1.82, 2.24) is 15.1 Å². The number of urea groups is 1. The van der Waals surface area contributed by atoms with Crippen molar-refractivity contribution in [2.24, 2.45) is 0 Å². The van der Waals surface area contributed by atoms with Crippen molar-refractivity contribution in [3.63, 3.8) is 0 Å². The van der Waals surface area contributed by atoms with Crippen LogP contribution in [0.3, 0.4) is 0 Å². The highest BCUT2D eigenvalue weighted by Gasteiger charge is 2.23. The van der Waals surface area contributed by atoms with Gasteiger partial charge >= 0.3 is 6.03 Å². The van der Waals surface area contributed by atoms with Crippen molar-refractivity contribution in [2.75, 3.05) is 17.2 Å². The second-order valence-electron chi connectivity index (χ2n) is 6.08. The van der Waals surface area contributed by atoms with E-state index in [0.717, 1.165) is 29.8 Å². The Balaban J connectivity index is 1.54. The minimum absolute atomic E-state index is 0.0689. The number of carbonyl (C=O) groups excluding carboxylic acids is 1. The van der Waals surface area contributed by atoms with E-state index in [9.17, 15) is 4.79 Å². The van der Waals surface area contributed by atoms with Gasteiger partial charge in [0.15, 0.2) is 0 Å². The van der Waals surface area contributed by atoms with Gasteiger partial charge in [0, 0.05) is 24.0 Å². The molecule has 128 valence electrons. The Morgan fingerprint density at radius 2 is 2.08 bits per heavy atom. The molecule has 1 aliphatic carbocycles. The molecule has 1 saturated carbocycles. The molecule has 7 nitrogen and oxygen atoms in total. The van der Waals surface area contributed by atoms with Crippen LogP contribution in [-0.4, -0.2) is 33.6 Å². The Kier molecular flexibility index (Phi) is 5.00. The Morgan fingerprint density at radius 3 is 2.75 bits per heavy atom. The maximum atomic E-state index is 11.7. The number of anilines is 2. The molecule has 0 radical (unpaired) electrons. The molecule has 24 heavy (non-hydrogen) atoms. The van der Waals surface area contributed by atoms with Crippen molar-refractivity contribution in [2.45, 2.75) is 38.4 Å². The van der Waals surface area contributed by atoms with Crippen LogP contribution in [0.2, 0.25) is 0 Å². The molecule has 1 aromatic carbocycles. The van der Waals surface area contributed by atoms with Crippen molar-refractivity contribution >= 4 is 17.4 Å². The number of aromatic nitrogens is 2. The van der Waals surface area contributed by atoms with Crippen LogP contribution < -0.4 is 16.0 Å². The molecule has 1 fully saturated rings. The summed E-state index contributed by atoms with van der Waals surface area (Å²) in [7, 11) is 0. The Labute approximate surface area is 141 Å². The molecule has 0 spiro atoms. The summed E-state index contributed by atoms with van der Waals surface area (Å²) in [5.74, 6) is 0. The average Bonchev–Trinajstić information content (AvgIpc) is 3.26. The summed E-state index contributed by atoms with van der Waals surface area (Å²) in [6.45, 7) is 2.62. The van der Waals surface area contributed by atoms with Crippen LogP contribution >= 0.6 is 0 Å². The lowest BCUT2D eigenvalue weighted by atomic mass is 10.1. The Hall–Kier alpha value is -2.54. The highest BCUT2D eigenvalue weighted by atomic mass is 16.3. The second kappa shape index (κ2) is 7.35. The van der Waals surface area contributed by atoms with E-state index in [-0.39, 0.29) is 18.7 Å². The molecule has 7 heteroatoms. The molecule has 1 heterocycles. The molecule has 1 unspecified atom stereocenters. The highest BCUT2D eigenvalue weighted by molar-refractivity contribution is 5.89. The number of aliphatic hydroxyl groups excluding tert-OH is 1. The predicted molar refractivity (Wildman–Crippen MR) is 93.0 cm³/mol. The largest absolute Gasteiger partial charge is 0.394 e. The van der Waals surface area contributed by atoms with Crippen LogP contribution in [-0.2, 0) is 6.54 Å². The van der Waals surface area contributed by atoms with Gasteiger partial charge in [0.05, 0.1) is 25.0 Å². The average molecular weight is 329 g/mol. The minimum Gasteiger partial charge on any atom is -0.394 e. The third-order valence-electron chi connectivity index (χ3n) is 3.93. The van der Waals surface area contributed by atoms with Crippen LogP contribution in [0.1, 0.15) is 31.4 Å². The van der Waals surface area contributed by atoms with E-state index in [2.05, 4.69) is 28.0 Å². The normalized spacial score (nSPS) is 14.9. The fourth-order valence-electron chi connectivity index (χ4n) is 2.43. The first-order valence-corrected chi connectivity index (χ1v) is 8.21. The quantitative estimate of drug-likeness (QED) is 0.627. The van der Waals surface area contributed by atoms with Gasteiger partial charge in [0.25, 0.3) is 0 Å². The molecule has 1 aromatic heterocycles. The Bertz CT molecular complexity index is 679.